The Labute approximate surface area is 443 Å². The number of unbranched alkanes of at least 4 members (excludes halogenated alkanes) is 47. The maximum atomic E-state index is 12.8. The third-order valence-electron chi connectivity index (χ3n) is 14.8. The fourth-order valence-corrected chi connectivity index (χ4v) is 9.91. The summed E-state index contributed by atoms with van der Waals surface area (Å²) >= 11 is 0. The van der Waals surface area contributed by atoms with E-state index in [-0.39, 0.29) is 31.1 Å². The van der Waals surface area contributed by atoms with Crippen molar-refractivity contribution in [3.8, 4) is 0 Å². The van der Waals surface area contributed by atoms with Crippen LogP contribution in [0.2, 0.25) is 0 Å². The van der Waals surface area contributed by atoms with Gasteiger partial charge < -0.3 is 14.2 Å². The molecule has 0 aliphatic heterocycles. The molecule has 0 aromatic carbocycles. The van der Waals surface area contributed by atoms with Crippen LogP contribution in [-0.2, 0) is 28.6 Å². The number of hydrogen-bond acceptors (Lipinski definition) is 6. The molecule has 6 nitrogen and oxygen atoms in total. The summed E-state index contributed by atoms with van der Waals surface area (Å²) in [5.74, 6) is -0.839. The van der Waals surface area contributed by atoms with E-state index in [0.717, 1.165) is 57.8 Å². The average Bonchev–Trinajstić information content (AvgIpc) is 3.37. The highest BCUT2D eigenvalue weighted by atomic mass is 16.6. The van der Waals surface area contributed by atoms with Gasteiger partial charge in [0, 0.05) is 19.3 Å². The van der Waals surface area contributed by atoms with E-state index in [9.17, 15) is 14.4 Å². The van der Waals surface area contributed by atoms with Crippen molar-refractivity contribution in [2.75, 3.05) is 13.2 Å². The summed E-state index contributed by atoms with van der Waals surface area (Å²) in [5, 5.41) is 0. The van der Waals surface area contributed by atoms with Crippen LogP contribution in [0.4, 0.5) is 0 Å². The molecule has 0 rings (SSSR count). The third-order valence-corrected chi connectivity index (χ3v) is 14.8. The Morgan fingerprint density at radius 1 is 0.268 bits per heavy atom. The number of hydrogen-bond donors (Lipinski definition) is 0. The van der Waals surface area contributed by atoms with Crippen LogP contribution in [0, 0.1) is 0 Å². The molecule has 420 valence electrons. The van der Waals surface area contributed by atoms with Crippen molar-refractivity contribution in [3.63, 3.8) is 0 Å². The first kappa shape index (κ1) is 69.2. The summed E-state index contributed by atoms with van der Waals surface area (Å²) in [5.41, 5.74) is 0. The van der Waals surface area contributed by atoms with Gasteiger partial charge in [-0.1, -0.05) is 315 Å². The molecule has 0 radical (unpaired) electrons. The van der Waals surface area contributed by atoms with E-state index in [1.807, 2.05) is 0 Å². The van der Waals surface area contributed by atoms with Gasteiger partial charge in [0.25, 0.3) is 0 Å². The summed E-state index contributed by atoms with van der Waals surface area (Å²) in [6.07, 6.45) is 71.1. The van der Waals surface area contributed by atoms with Crippen molar-refractivity contribution in [1.82, 2.24) is 0 Å². The number of allylic oxidation sites excluding steroid dienone is 2. The van der Waals surface area contributed by atoms with Gasteiger partial charge in [-0.05, 0) is 44.9 Å². The molecule has 0 saturated carbocycles. The van der Waals surface area contributed by atoms with Crippen molar-refractivity contribution < 1.29 is 28.6 Å². The Bertz CT molecular complexity index is 1100. The van der Waals surface area contributed by atoms with E-state index in [4.69, 9.17) is 14.2 Å². The van der Waals surface area contributed by atoms with Gasteiger partial charge in [-0.15, -0.1) is 0 Å². The Morgan fingerprint density at radius 3 is 0.704 bits per heavy atom. The lowest BCUT2D eigenvalue weighted by Crippen LogP contribution is -2.30. The van der Waals surface area contributed by atoms with Crippen LogP contribution in [0.1, 0.15) is 367 Å². The molecule has 0 aliphatic carbocycles. The maximum absolute atomic E-state index is 12.8. The van der Waals surface area contributed by atoms with Gasteiger partial charge in [-0.3, -0.25) is 14.4 Å². The summed E-state index contributed by atoms with van der Waals surface area (Å²) in [6.45, 7) is 6.68. The Kier molecular flexibility index (Phi) is 59.1. The molecule has 0 saturated heterocycles. The second-order valence-corrected chi connectivity index (χ2v) is 22.0. The van der Waals surface area contributed by atoms with E-state index < -0.39 is 6.10 Å². The van der Waals surface area contributed by atoms with Crippen molar-refractivity contribution >= 4 is 17.9 Å². The van der Waals surface area contributed by atoms with Gasteiger partial charge in [0.05, 0.1) is 0 Å². The van der Waals surface area contributed by atoms with Crippen LogP contribution in [-0.4, -0.2) is 37.2 Å². The Hall–Kier alpha value is -1.85. The van der Waals surface area contributed by atoms with E-state index in [1.165, 1.54) is 270 Å². The summed E-state index contributed by atoms with van der Waals surface area (Å²) in [7, 11) is 0. The molecule has 0 heterocycles. The monoisotopic (exact) mass is 1000 g/mol. The SMILES string of the molecule is CCCCCCCCCC/C=C\CCCCCCCCCCCCCCCCCCCCCC(=O)OCC(COC(=O)CCCCCCCCCCCC)OC(=O)CCCCCCCCCCCCCC. The lowest BCUT2D eigenvalue weighted by Gasteiger charge is -2.18. The number of rotatable bonds is 60. The number of esters is 3. The smallest absolute Gasteiger partial charge is 0.306 e. The van der Waals surface area contributed by atoms with Crippen molar-refractivity contribution in [2.45, 2.75) is 374 Å². The van der Waals surface area contributed by atoms with E-state index in [1.54, 1.807) is 0 Å². The first-order valence-corrected chi connectivity index (χ1v) is 32.2. The zero-order valence-corrected chi connectivity index (χ0v) is 48.3. The van der Waals surface area contributed by atoms with E-state index in [0.29, 0.717) is 19.3 Å². The minimum absolute atomic E-state index is 0.0629. The van der Waals surface area contributed by atoms with Crippen LogP contribution < -0.4 is 0 Å². The van der Waals surface area contributed by atoms with Gasteiger partial charge in [0.2, 0.25) is 0 Å². The van der Waals surface area contributed by atoms with E-state index >= 15 is 0 Å². The van der Waals surface area contributed by atoms with Crippen LogP contribution >= 0.6 is 0 Å². The zero-order chi connectivity index (χ0) is 51.4. The van der Waals surface area contributed by atoms with Gasteiger partial charge in [-0.25, -0.2) is 0 Å². The predicted octanol–water partition coefficient (Wildman–Crippen LogP) is 21.7. The molecular formula is C65H124O6. The molecule has 0 N–H and O–H groups in total. The largest absolute Gasteiger partial charge is 0.462 e. The van der Waals surface area contributed by atoms with Gasteiger partial charge in [-0.2, -0.15) is 0 Å². The molecule has 0 amide bonds. The average molecular weight is 1000 g/mol. The molecular weight excluding hydrogens is 877 g/mol. The van der Waals surface area contributed by atoms with Crippen molar-refractivity contribution in [1.29, 1.82) is 0 Å². The highest BCUT2D eigenvalue weighted by Gasteiger charge is 2.19. The molecule has 1 unspecified atom stereocenters. The third kappa shape index (κ3) is 58.9. The highest BCUT2D eigenvalue weighted by Crippen LogP contribution is 2.18. The van der Waals surface area contributed by atoms with Crippen molar-refractivity contribution in [3.05, 3.63) is 12.2 Å². The summed E-state index contributed by atoms with van der Waals surface area (Å²) in [6, 6.07) is 0. The van der Waals surface area contributed by atoms with Crippen LogP contribution in [0.25, 0.3) is 0 Å². The highest BCUT2D eigenvalue weighted by molar-refractivity contribution is 5.71. The first-order valence-electron chi connectivity index (χ1n) is 32.2. The number of ether oxygens (including phenoxy) is 3. The second kappa shape index (κ2) is 60.7. The number of carbonyl (C=O) groups is 3. The molecule has 0 fully saturated rings. The molecule has 0 bridgehead atoms. The zero-order valence-electron chi connectivity index (χ0n) is 48.3. The minimum atomic E-state index is -0.762. The van der Waals surface area contributed by atoms with E-state index in [2.05, 4.69) is 32.9 Å². The molecule has 0 aromatic heterocycles. The standard InChI is InChI=1S/C65H124O6/c1-4-7-10-13-16-19-22-24-25-26-27-28-29-30-31-32-33-34-35-36-37-38-39-40-41-42-44-46-49-52-55-58-64(67)70-61-62(60-69-63(66)57-54-51-48-45-21-18-15-12-9-6-3)71-65(68)59-56-53-50-47-43-23-20-17-14-11-8-5-2/h26-27,62H,4-25,28-61H2,1-3H3/b27-26-. The van der Waals surface area contributed by atoms with Crippen LogP contribution in [0.3, 0.4) is 0 Å². The fourth-order valence-electron chi connectivity index (χ4n) is 9.91. The fraction of sp³-hybridized carbons (Fsp3) is 0.923. The Morgan fingerprint density at radius 2 is 0.465 bits per heavy atom. The maximum Gasteiger partial charge on any atom is 0.306 e. The quantitative estimate of drug-likeness (QED) is 0.0261. The molecule has 1 atom stereocenters. The Balaban J connectivity index is 3.99. The molecule has 6 heteroatoms. The summed E-state index contributed by atoms with van der Waals surface area (Å²) in [4.78, 5) is 38.1. The van der Waals surface area contributed by atoms with Crippen LogP contribution in [0.5, 0.6) is 0 Å². The van der Waals surface area contributed by atoms with Crippen LogP contribution in [0.15, 0.2) is 12.2 Å². The second-order valence-electron chi connectivity index (χ2n) is 22.0. The first-order chi connectivity index (χ1) is 35.0. The minimum Gasteiger partial charge on any atom is -0.462 e. The molecule has 0 aliphatic rings. The lowest BCUT2D eigenvalue weighted by molar-refractivity contribution is -0.167. The normalized spacial score (nSPS) is 12.0. The van der Waals surface area contributed by atoms with Gasteiger partial charge in [0.15, 0.2) is 6.10 Å². The molecule has 71 heavy (non-hydrogen) atoms. The molecule has 0 aromatic rings. The van der Waals surface area contributed by atoms with Crippen molar-refractivity contribution in [2.24, 2.45) is 0 Å². The number of carbonyl (C=O) groups excluding carboxylic acids is 3. The molecule has 0 spiro atoms. The topological polar surface area (TPSA) is 78.9 Å². The van der Waals surface area contributed by atoms with Gasteiger partial charge in [0.1, 0.15) is 13.2 Å². The lowest BCUT2D eigenvalue weighted by atomic mass is 10.0. The summed E-state index contributed by atoms with van der Waals surface area (Å²) < 4.78 is 16.9. The predicted molar refractivity (Wildman–Crippen MR) is 307 cm³/mol. The van der Waals surface area contributed by atoms with Gasteiger partial charge >= 0.3 is 17.9 Å².